The molecule has 6 nitrogen and oxygen atoms in total. The average molecular weight is 350 g/mol. The van der Waals surface area contributed by atoms with Gasteiger partial charge in [0.15, 0.2) is 0 Å². The maximum atomic E-state index is 12.2. The zero-order valence-corrected chi connectivity index (χ0v) is 12.5. The summed E-state index contributed by atoms with van der Waals surface area (Å²) in [6.07, 6.45) is 0.489. The third-order valence-electron chi connectivity index (χ3n) is 3.94. The Morgan fingerprint density at radius 2 is 2.19 bits per heavy atom. The highest BCUT2D eigenvalue weighted by atomic mass is 79.9. The maximum Gasteiger partial charge on any atom is 0.269 e. The van der Waals surface area contributed by atoms with Crippen LogP contribution in [0.4, 0.5) is 0 Å². The topological polar surface area (TPSA) is 79.8 Å². The van der Waals surface area contributed by atoms with Crippen LogP contribution < -0.4 is 15.4 Å². The molecule has 1 saturated heterocycles. The van der Waals surface area contributed by atoms with Crippen molar-refractivity contribution >= 4 is 33.6 Å². The van der Waals surface area contributed by atoms with Gasteiger partial charge in [-0.05, 0) is 24.6 Å². The Morgan fingerprint density at radius 1 is 1.33 bits per heavy atom. The Bertz CT molecular complexity index is 688. The summed E-state index contributed by atoms with van der Waals surface area (Å²) in [4.78, 5) is 28.2. The third-order valence-corrected chi connectivity index (χ3v) is 4.44. The lowest BCUT2D eigenvalue weighted by atomic mass is 10.0. The number of hydrogen-bond donors (Lipinski definition) is 2. The number of fused-ring (bicyclic) bond motifs is 3. The van der Waals surface area contributed by atoms with Crippen LogP contribution in [0, 0.1) is 0 Å². The molecule has 3 atom stereocenters. The summed E-state index contributed by atoms with van der Waals surface area (Å²) in [7, 11) is 0. The highest BCUT2D eigenvalue weighted by molar-refractivity contribution is 9.10. The Kier molecular flexibility index (Phi) is 2.78. The minimum atomic E-state index is -0.629. The monoisotopic (exact) mass is 349 g/mol. The van der Waals surface area contributed by atoms with Crippen LogP contribution in [0.2, 0.25) is 0 Å². The Labute approximate surface area is 129 Å². The fraction of sp³-hybridized carbons (Fsp3) is 0.357. The van der Waals surface area contributed by atoms with Gasteiger partial charge in [-0.3, -0.25) is 14.6 Å². The van der Waals surface area contributed by atoms with Crippen molar-refractivity contribution in [2.45, 2.75) is 31.0 Å². The first-order valence-electron chi connectivity index (χ1n) is 6.76. The summed E-state index contributed by atoms with van der Waals surface area (Å²) in [6, 6.07) is 5.07. The first-order valence-corrected chi connectivity index (χ1v) is 7.55. The predicted molar refractivity (Wildman–Crippen MR) is 78.0 cm³/mol. The second kappa shape index (κ2) is 4.56. The quantitative estimate of drug-likeness (QED) is 0.795. The number of amides is 2. The number of halogens is 1. The second-order valence-corrected chi connectivity index (χ2v) is 6.24. The zero-order valence-electron chi connectivity index (χ0n) is 10.9. The summed E-state index contributed by atoms with van der Waals surface area (Å²) < 4.78 is 6.60. The number of rotatable bonds is 1. The lowest BCUT2D eigenvalue weighted by molar-refractivity contribution is -0.127. The average Bonchev–Trinajstić information content (AvgIpc) is 3.03. The van der Waals surface area contributed by atoms with Gasteiger partial charge >= 0.3 is 0 Å². The van der Waals surface area contributed by atoms with Crippen LogP contribution in [0.25, 0.3) is 0 Å². The molecule has 3 aliphatic rings. The fourth-order valence-corrected chi connectivity index (χ4v) is 3.31. The number of benzene rings is 1. The van der Waals surface area contributed by atoms with Crippen molar-refractivity contribution < 1.29 is 14.3 Å². The summed E-state index contributed by atoms with van der Waals surface area (Å²) >= 11 is 3.42. The van der Waals surface area contributed by atoms with Gasteiger partial charge in [-0.1, -0.05) is 15.9 Å². The van der Waals surface area contributed by atoms with E-state index in [0.29, 0.717) is 24.4 Å². The predicted octanol–water partition coefficient (Wildman–Crippen LogP) is 1.06. The van der Waals surface area contributed by atoms with E-state index in [1.54, 1.807) is 0 Å². The molecule has 1 fully saturated rings. The lowest BCUT2D eigenvalue weighted by Gasteiger charge is -2.25. The van der Waals surface area contributed by atoms with Crippen molar-refractivity contribution in [2.24, 2.45) is 4.99 Å². The van der Waals surface area contributed by atoms with E-state index in [1.807, 2.05) is 18.2 Å². The lowest BCUT2D eigenvalue weighted by Crippen LogP contribution is -2.52. The first kappa shape index (κ1) is 12.8. The fourth-order valence-electron chi connectivity index (χ4n) is 2.93. The molecule has 0 aliphatic carbocycles. The van der Waals surface area contributed by atoms with Crippen LogP contribution >= 0.6 is 15.9 Å². The van der Waals surface area contributed by atoms with Crippen molar-refractivity contribution in [3.63, 3.8) is 0 Å². The zero-order chi connectivity index (χ0) is 14.6. The molecule has 0 radical (unpaired) electrons. The van der Waals surface area contributed by atoms with E-state index < -0.39 is 6.10 Å². The molecule has 1 aromatic rings. The normalized spacial score (nSPS) is 30.0. The van der Waals surface area contributed by atoms with E-state index in [-0.39, 0.29) is 23.9 Å². The van der Waals surface area contributed by atoms with Crippen molar-refractivity contribution in [3.8, 4) is 5.75 Å². The van der Waals surface area contributed by atoms with E-state index >= 15 is 0 Å². The van der Waals surface area contributed by atoms with Crippen molar-refractivity contribution in [1.29, 1.82) is 0 Å². The summed E-state index contributed by atoms with van der Waals surface area (Å²) in [5.41, 5.74) is 0.894. The van der Waals surface area contributed by atoms with Crippen LogP contribution in [-0.2, 0) is 9.59 Å². The van der Waals surface area contributed by atoms with Gasteiger partial charge in [-0.15, -0.1) is 0 Å². The maximum absolute atomic E-state index is 12.2. The molecule has 21 heavy (non-hydrogen) atoms. The van der Waals surface area contributed by atoms with Crippen molar-refractivity contribution in [2.75, 3.05) is 0 Å². The van der Waals surface area contributed by atoms with Crippen LogP contribution in [0.5, 0.6) is 5.75 Å². The summed E-state index contributed by atoms with van der Waals surface area (Å²) in [6.45, 7) is 0. The number of carbonyl (C=O) groups excluding carboxylic acids is 2. The molecular weight excluding hydrogens is 338 g/mol. The smallest absolute Gasteiger partial charge is 0.269 e. The number of aliphatic imine (C=N–C) groups is 1. The molecule has 4 rings (SSSR count). The SMILES string of the molecule is O=C1CC[C@@H](C2=NC3c4cc(Br)ccc4OC3C(=O)N2)N1. The van der Waals surface area contributed by atoms with E-state index in [9.17, 15) is 9.59 Å². The van der Waals surface area contributed by atoms with E-state index in [4.69, 9.17) is 4.74 Å². The molecule has 1 aromatic carbocycles. The molecule has 2 N–H and O–H groups in total. The Balaban J connectivity index is 1.72. The molecule has 0 aromatic heterocycles. The minimum Gasteiger partial charge on any atom is -0.478 e. The molecule has 0 saturated carbocycles. The van der Waals surface area contributed by atoms with Crippen molar-refractivity contribution in [1.82, 2.24) is 10.6 Å². The van der Waals surface area contributed by atoms with E-state index in [1.165, 1.54) is 0 Å². The van der Waals surface area contributed by atoms with Crippen LogP contribution in [0.3, 0.4) is 0 Å². The van der Waals surface area contributed by atoms with Gasteiger partial charge in [-0.2, -0.15) is 0 Å². The number of nitrogens with one attached hydrogen (secondary N) is 2. The number of carbonyl (C=O) groups is 2. The highest BCUT2D eigenvalue weighted by Gasteiger charge is 2.44. The van der Waals surface area contributed by atoms with E-state index in [0.717, 1.165) is 10.0 Å². The molecule has 2 amide bonds. The molecular formula is C14H12BrN3O3. The van der Waals surface area contributed by atoms with Gasteiger partial charge in [-0.25, -0.2) is 0 Å². The number of amidine groups is 1. The summed E-state index contributed by atoms with van der Waals surface area (Å²) in [5.74, 6) is 0.996. The first-order chi connectivity index (χ1) is 10.1. The largest absolute Gasteiger partial charge is 0.478 e. The molecule has 2 unspecified atom stereocenters. The Morgan fingerprint density at radius 3 is 2.95 bits per heavy atom. The van der Waals surface area contributed by atoms with E-state index in [2.05, 4.69) is 31.6 Å². The molecule has 108 valence electrons. The molecule has 7 heteroatoms. The van der Waals surface area contributed by atoms with Gasteiger partial charge in [0.25, 0.3) is 5.91 Å². The van der Waals surface area contributed by atoms with Crippen LogP contribution in [0.15, 0.2) is 27.7 Å². The molecule has 3 aliphatic heterocycles. The minimum absolute atomic E-state index is 0.00936. The van der Waals surface area contributed by atoms with Gasteiger partial charge in [0, 0.05) is 16.5 Å². The molecule has 3 heterocycles. The third kappa shape index (κ3) is 2.03. The van der Waals surface area contributed by atoms with Gasteiger partial charge in [0.2, 0.25) is 12.0 Å². The van der Waals surface area contributed by atoms with Crippen LogP contribution in [-0.4, -0.2) is 29.8 Å². The number of nitrogens with zero attached hydrogens (tertiary/aromatic N) is 1. The Hall–Kier alpha value is -1.89. The van der Waals surface area contributed by atoms with Gasteiger partial charge in [0.1, 0.15) is 17.6 Å². The standard InChI is InChI=1S/C14H12BrN3O3/c15-6-1-3-9-7(5-6)11-12(21-9)14(20)18-13(17-11)8-2-4-10(19)16-8/h1,3,5,8,11-12H,2,4H2,(H,16,19)(H,17,18,20)/t8-,11?,12?/m0/s1. The molecule has 0 spiro atoms. The van der Waals surface area contributed by atoms with Gasteiger partial charge in [0.05, 0.1) is 6.04 Å². The van der Waals surface area contributed by atoms with Gasteiger partial charge < -0.3 is 15.4 Å². The van der Waals surface area contributed by atoms with Crippen molar-refractivity contribution in [3.05, 3.63) is 28.2 Å². The summed E-state index contributed by atoms with van der Waals surface area (Å²) in [5, 5.41) is 5.58. The highest BCUT2D eigenvalue weighted by Crippen LogP contribution is 2.42. The number of hydrogen-bond acceptors (Lipinski definition) is 4. The van der Waals surface area contributed by atoms with Crippen LogP contribution in [0.1, 0.15) is 24.4 Å². The second-order valence-electron chi connectivity index (χ2n) is 5.33. The number of ether oxygens (including phenoxy) is 1. The molecule has 0 bridgehead atoms.